The highest BCUT2D eigenvalue weighted by Gasteiger charge is 2.32. The minimum atomic E-state index is -1.23. The van der Waals surface area contributed by atoms with E-state index in [-0.39, 0.29) is 17.3 Å². The van der Waals surface area contributed by atoms with E-state index in [1.54, 1.807) is 63.4 Å². The number of hydrogen-bond donors (Lipinski definition) is 1. The van der Waals surface area contributed by atoms with Gasteiger partial charge in [0.05, 0.1) is 26.7 Å². The average molecular weight is 410 g/mol. The van der Waals surface area contributed by atoms with Gasteiger partial charge in [-0.3, -0.25) is 9.59 Å². The highest BCUT2D eigenvalue weighted by Crippen LogP contribution is 2.29. The Hall–Kier alpha value is -3.54. The SMILES string of the molecule is COc1cc(/C=C/C(=O)C(C)(C)C(=O)/C=C/c2ccc(OC)c(OC)c2)ccc1O. The first-order valence-corrected chi connectivity index (χ1v) is 9.27. The lowest BCUT2D eigenvalue weighted by molar-refractivity contribution is -0.132. The Morgan fingerprint density at radius 1 is 0.767 bits per heavy atom. The van der Waals surface area contributed by atoms with Gasteiger partial charge in [0.2, 0.25) is 0 Å². The number of allylic oxidation sites excluding steroid dienone is 2. The zero-order chi connectivity index (χ0) is 22.3. The van der Waals surface area contributed by atoms with Crippen LogP contribution in [0.5, 0.6) is 23.0 Å². The van der Waals surface area contributed by atoms with Gasteiger partial charge in [-0.2, -0.15) is 0 Å². The fourth-order valence-corrected chi connectivity index (χ4v) is 2.64. The molecule has 0 aliphatic carbocycles. The van der Waals surface area contributed by atoms with E-state index in [9.17, 15) is 14.7 Å². The van der Waals surface area contributed by atoms with Crippen molar-refractivity contribution in [1.29, 1.82) is 0 Å². The molecule has 30 heavy (non-hydrogen) atoms. The van der Waals surface area contributed by atoms with E-state index in [4.69, 9.17) is 14.2 Å². The molecule has 0 saturated carbocycles. The van der Waals surface area contributed by atoms with Gasteiger partial charge < -0.3 is 19.3 Å². The molecule has 158 valence electrons. The van der Waals surface area contributed by atoms with Crippen LogP contribution in [0.15, 0.2) is 48.6 Å². The molecular formula is C24H26O6. The lowest BCUT2D eigenvalue weighted by Gasteiger charge is -2.17. The molecule has 0 radical (unpaired) electrons. The van der Waals surface area contributed by atoms with Crippen LogP contribution in [0.2, 0.25) is 0 Å². The van der Waals surface area contributed by atoms with Crippen molar-refractivity contribution in [2.45, 2.75) is 13.8 Å². The van der Waals surface area contributed by atoms with Crippen molar-refractivity contribution in [1.82, 2.24) is 0 Å². The molecule has 0 aliphatic heterocycles. The average Bonchev–Trinajstić information content (AvgIpc) is 2.76. The van der Waals surface area contributed by atoms with Gasteiger partial charge in [-0.05, 0) is 61.4 Å². The van der Waals surface area contributed by atoms with Crippen LogP contribution >= 0.6 is 0 Å². The van der Waals surface area contributed by atoms with Gasteiger partial charge in [-0.25, -0.2) is 0 Å². The van der Waals surface area contributed by atoms with E-state index in [0.29, 0.717) is 22.8 Å². The minimum Gasteiger partial charge on any atom is -0.504 e. The fourth-order valence-electron chi connectivity index (χ4n) is 2.64. The molecule has 0 aliphatic rings. The van der Waals surface area contributed by atoms with Gasteiger partial charge >= 0.3 is 0 Å². The third-order valence-electron chi connectivity index (χ3n) is 4.70. The van der Waals surface area contributed by atoms with E-state index in [0.717, 1.165) is 5.56 Å². The first-order valence-electron chi connectivity index (χ1n) is 9.27. The molecule has 2 aromatic carbocycles. The van der Waals surface area contributed by atoms with Crippen LogP contribution < -0.4 is 14.2 Å². The number of ketones is 2. The maximum atomic E-state index is 12.7. The van der Waals surface area contributed by atoms with Crippen molar-refractivity contribution in [2.24, 2.45) is 5.41 Å². The molecular weight excluding hydrogens is 384 g/mol. The summed E-state index contributed by atoms with van der Waals surface area (Å²) in [4.78, 5) is 25.3. The van der Waals surface area contributed by atoms with Crippen LogP contribution in [0, 0.1) is 5.41 Å². The molecule has 2 aromatic rings. The predicted octanol–water partition coefficient (Wildman–Crippen LogP) is 4.31. The van der Waals surface area contributed by atoms with Crippen molar-refractivity contribution < 1.29 is 28.9 Å². The van der Waals surface area contributed by atoms with Gasteiger partial charge in [-0.1, -0.05) is 24.3 Å². The van der Waals surface area contributed by atoms with Crippen molar-refractivity contribution in [2.75, 3.05) is 21.3 Å². The summed E-state index contributed by atoms with van der Waals surface area (Å²) >= 11 is 0. The maximum absolute atomic E-state index is 12.7. The zero-order valence-electron chi connectivity index (χ0n) is 17.8. The molecule has 2 rings (SSSR count). The number of carbonyl (C=O) groups is 2. The van der Waals surface area contributed by atoms with Gasteiger partial charge in [0.15, 0.2) is 34.6 Å². The third kappa shape index (κ3) is 5.29. The second-order valence-corrected chi connectivity index (χ2v) is 7.07. The molecule has 1 N–H and O–H groups in total. The molecule has 0 bridgehead atoms. The van der Waals surface area contributed by atoms with E-state index in [1.165, 1.54) is 32.4 Å². The topological polar surface area (TPSA) is 82.1 Å². The van der Waals surface area contributed by atoms with Crippen molar-refractivity contribution in [3.8, 4) is 23.0 Å². The minimum absolute atomic E-state index is 0.0109. The Balaban J connectivity index is 2.14. The number of aromatic hydroxyl groups is 1. The van der Waals surface area contributed by atoms with Crippen LogP contribution in [0.4, 0.5) is 0 Å². The van der Waals surface area contributed by atoms with E-state index in [1.807, 2.05) is 0 Å². The number of benzene rings is 2. The standard InChI is InChI=1S/C24H26O6/c1-24(2,22(26)12-8-16-6-10-18(25)20(14-16)29-4)23(27)13-9-17-7-11-19(28-3)21(15-17)30-5/h6-15,25H,1-5H3/b12-8+,13-9+. The van der Waals surface area contributed by atoms with Crippen molar-refractivity contribution in [3.63, 3.8) is 0 Å². The largest absolute Gasteiger partial charge is 0.504 e. The Morgan fingerprint density at radius 2 is 1.23 bits per heavy atom. The number of phenolic OH excluding ortho intramolecular Hbond substituents is 1. The second-order valence-electron chi connectivity index (χ2n) is 7.07. The molecule has 0 atom stereocenters. The quantitative estimate of drug-likeness (QED) is 0.490. The third-order valence-corrected chi connectivity index (χ3v) is 4.70. The van der Waals surface area contributed by atoms with Crippen LogP contribution in [-0.2, 0) is 9.59 Å². The predicted molar refractivity (Wildman–Crippen MR) is 116 cm³/mol. The van der Waals surface area contributed by atoms with Crippen molar-refractivity contribution in [3.05, 3.63) is 59.7 Å². The van der Waals surface area contributed by atoms with Crippen LogP contribution in [-0.4, -0.2) is 38.0 Å². The van der Waals surface area contributed by atoms with Crippen molar-refractivity contribution >= 4 is 23.7 Å². The lowest BCUT2D eigenvalue weighted by atomic mass is 9.82. The Bertz CT molecular complexity index is 985. The molecule has 0 amide bonds. The highest BCUT2D eigenvalue weighted by atomic mass is 16.5. The van der Waals surface area contributed by atoms with Crippen LogP contribution in [0.1, 0.15) is 25.0 Å². The maximum Gasteiger partial charge on any atom is 0.169 e. The first-order chi connectivity index (χ1) is 14.2. The number of methoxy groups -OCH3 is 3. The first kappa shape index (κ1) is 22.7. The molecule has 0 unspecified atom stereocenters. The number of hydrogen-bond acceptors (Lipinski definition) is 6. The molecule has 6 heteroatoms. The Kier molecular flexibility index (Phi) is 7.42. The number of carbonyl (C=O) groups excluding carboxylic acids is 2. The fraction of sp³-hybridized carbons (Fsp3) is 0.250. The second kappa shape index (κ2) is 9.78. The zero-order valence-corrected chi connectivity index (χ0v) is 17.8. The van der Waals surface area contributed by atoms with E-state index < -0.39 is 5.41 Å². The highest BCUT2D eigenvalue weighted by molar-refractivity contribution is 6.16. The summed E-state index contributed by atoms with van der Waals surface area (Å²) in [6.07, 6.45) is 5.95. The number of phenols is 1. The van der Waals surface area contributed by atoms with Crippen LogP contribution in [0.25, 0.3) is 12.2 Å². The van der Waals surface area contributed by atoms with Gasteiger partial charge in [0.1, 0.15) is 0 Å². The van der Waals surface area contributed by atoms with Gasteiger partial charge in [-0.15, -0.1) is 0 Å². The summed E-state index contributed by atoms with van der Waals surface area (Å²) < 4.78 is 15.5. The smallest absolute Gasteiger partial charge is 0.169 e. The van der Waals surface area contributed by atoms with Gasteiger partial charge in [0.25, 0.3) is 0 Å². The lowest BCUT2D eigenvalue weighted by Crippen LogP contribution is -2.30. The molecule has 0 fully saturated rings. The van der Waals surface area contributed by atoms with Gasteiger partial charge in [0, 0.05) is 0 Å². The molecule has 0 heterocycles. The molecule has 0 saturated heterocycles. The summed E-state index contributed by atoms with van der Waals surface area (Å²) in [5, 5.41) is 9.65. The van der Waals surface area contributed by atoms with E-state index >= 15 is 0 Å². The number of ether oxygens (including phenoxy) is 3. The summed E-state index contributed by atoms with van der Waals surface area (Å²) in [6, 6.07) is 10.0. The molecule has 0 spiro atoms. The van der Waals surface area contributed by atoms with Crippen LogP contribution in [0.3, 0.4) is 0 Å². The Morgan fingerprint density at radius 3 is 1.73 bits per heavy atom. The molecule has 0 aromatic heterocycles. The van der Waals surface area contributed by atoms with E-state index in [2.05, 4.69) is 0 Å². The summed E-state index contributed by atoms with van der Waals surface area (Å²) in [7, 11) is 4.53. The summed E-state index contributed by atoms with van der Waals surface area (Å²) in [6.45, 7) is 3.16. The summed E-state index contributed by atoms with van der Waals surface area (Å²) in [5.74, 6) is 0.795. The summed E-state index contributed by atoms with van der Waals surface area (Å²) in [5.41, 5.74) is 0.183. The number of rotatable bonds is 9. The monoisotopic (exact) mass is 410 g/mol. The molecule has 6 nitrogen and oxygen atoms in total. The normalized spacial score (nSPS) is 11.6. The Labute approximate surface area is 176 Å².